The third kappa shape index (κ3) is 4.76. The van der Waals surface area contributed by atoms with Gasteiger partial charge in [0.15, 0.2) is 11.7 Å². The molecule has 1 aromatic heterocycles. The van der Waals surface area contributed by atoms with Crippen molar-refractivity contribution in [2.45, 2.75) is 39.5 Å². The van der Waals surface area contributed by atoms with Crippen LogP contribution in [0.15, 0.2) is 53.1 Å². The minimum Gasteiger partial charge on any atom is -0.508 e. The quantitative estimate of drug-likeness (QED) is 0.600. The summed E-state index contributed by atoms with van der Waals surface area (Å²) in [5.41, 5.74) is 3.75. The van der Waals surface area contributed by atoms with Gasteiger partial charge in [0, 0.05) is 24.1 Å². The molecular weight excluding hydrogens is 340 g/mol. The van der Waals surface area contributed by atoms with Gasteiger partial charge in [0.05, 0.1) is 6.20 Å². The highest BCUT2D eigenvalue weighted by molar-refractivity contribution is 5.91. The maximum atomic E-state index is 12.2. The number of oxazole rings is 1. The predicted octanol–water partition coefficient (Wildman–Crippen LogP) is 5.05. The largest absolute Gasteiger partial charge is 0.508 e. The number of phenols is 1. The number of anilines is 1. The summed E-state index contributed by atoms with van der Waals surface area (Å²) in [5, 5.41) is 12.3. The van der Waals surface area contributed by atoms with Gasteiger partial charge in [-0.15, -0.1) is 0 Å². The smallest absolute Gasteiger partial charge is 0.224 e. The minimum atomic E-state index is -0.121. The number of benzene rings is 2. The number of aryl methyl sites for hydroxylation is 2. The molecule has 3 rings (SSSR count). The van der Waals surface area contributed by atoms with Crippen molar-refractivity contribution in [3.05, 3.63) is 65.7 Å². The Kier molecular flexibility index (Phi) is 5.60. The van der Waals surface area contributed by atoms with E-state index in [1.165, 1.54) is 5.56 Å². The molecule has 27 heavy (non-hydrogen) atoms. The van der Waals surface area contributed by atoms with Gasteiger partial charge in [-0.2, -0.15) is 0 Å². The fraction of sp³-hybridized carbons (Fsp3) is 0.273. The van der Waals surface area contributed by atoms with Gasteiger partial charge in [0.25, 0.3) is 0 Å². The van der Waals surface area contributed by atoms with E-state index in [1.54, 1.807) is 24.4 Å². The van der Waals surface area contributed by atoms with Crippen LogP contribution in [0.2, 0.25) is 0 Å². The Morgan fingerprint density at radius 3 is 2.59 bits per heavy atom. The lowest BCUT2D eigenvalue weighted by atomic mass is 10.0. The molecule has 0 saturated heterocycles. The van der Waals surface area contributed by atoms with Crippen LogP contribution in [-0.2, 0) is 11.2 Å². The molecule has 0 unspecified atom stereocenters. The fourth-order valence-corrected chi connectivity index (χ4v) is 2.81. The lowest BCUT2D eigenvalue weighted by molar-refractivity contribution is -0.116. The van der Waals surface area contributed by atoms with E-state index in [4.69, 9.17) is 4.42 Å². The summed E-state index contributed by atoms with van der Waals surface area (Å²) in [4.78, 5) is 16.4. The fourth-order valence-electron chi connectivity index (χ4n) is 2.81. The van der Waals surface area contributed by atoms with Crippen LogP contribution in [0.3, 0.4) is 0 Å². The van der Waals surface area contributed by atoms with Gasteiger partial charge in [-0.3, -0.25) is 4.79 Å². The van der Waals surface area contributed by atoms with E-state index < -0.39 is 0 Å². The van der Waals surface area contributed by atoms with Crippen LogP contribution in [0.5, 0.6) is 5.75 Å². The van der Waals surface area contributed by atoms with Crippen molar-refractivity contribution in [2.75, 3.05) is 5.32 Å². The summed E-state index contributed by atoms with van der Waals surface area (Å²) < 4.78 is 5.79. The highest BCUT2D eigenvalue weighted by Crippen LogP contribution is 2.24. The summed E-state index contributed by atoms with van der Waals surface area (Å²) in [5.74, 6) is 1.79. The number of hydrogen-bond donors (Lipinski definition) is 2. The van der Waals surface area contributed by atoms with Crippen LogP contribution in [-0.4, -0.2) is 16.0 Å². The van der Waals surface area contributed by atoms with Gasteiger partial charge >= 0.3 is 0 Å². The number of carbonyl (C=O) groups excluding carboxylic acids is 1. The van der Waals surface area contributed by atoms with Gasteiger partial charge in [0.1, 0.15) is 5.75 Å². The van der Waals surface area contributed by atoms with Crippen molar-refractivity contribution in [3.8, 4) is 17.1 Å². The number of phenolic OH excluding ortho intramolecular Hbond substituents is 1. The molecule has 5 nitrogen and oxygen atoms in total. The van der Waals surface area contributed by atoms with Crippen LogP contribution in [0.25, 0.3) is 11.3 Å². The first-order valence-corrected chi connectivity index (χ1v) is 9.07. The summed E-state index contributed by atoms with van der Waals surface area (Å²) in [6.45, 7) is 6.15. The topological polar surface area (TPSA) is 75.4 Å². The number of carbonyl (C=O) groups is 1. The Labute approximate surface area is 159 Å². The number of aromatic nitrogens is 1. The second kappa shape index (κ2) is 8.08. The maximum absolute atomic E-state index is 12.2. The van der Waals surface area contributed by atoms with E-state index in [0.29, 0.717) is 29.7 Å². The van der Waals surface area contributed by atoms with Crippen LogP contribution in [0.4, 0.5) is 5.69 Å². The molecule has 0 aliphatic heterocycles. The molecule has 0 aliphatic carbocycles. The molecule has 0 fully saturated rings. The Bertz CT molecular complexity index is 927. The van der Waals surface area contributed by atoms with E-state index in [1.807, 2.05) is 19.1 Å². The molecule has 0 saturated carbocycles. The summed E-state index contributed by atoms with van der Waals surface area (Å²) in [7, 11) is 0. The molecule has 0 atom stereocenters. The zero-order valence-corrected chi connectivity index (χ0v) is 15.8. The SMILES string of the molecule is Cc1cc(O)ccc1NC(=O)CCc1ncc(-c2ccc(C(C)C)cc2)o1. The molecule has 1 amide bonds. The zero-order chi connectivity index (χ0) is 19.4. The Morgan fingerprint density at radius 1 is 1.19 bits per heavy atom. The standard InChI is InChI=1S/C22H24N2O3/c1-14(2)16-4-6-17(7-5-16)20-13-23-22(27-20)11-10-21(26)24-19-9-8-18(25)12-15(19)3/h4-9,12-14,25H,10-11H2,1-3H3,(H,24,26). The van der Waals surface area contributed by atoms with Crippen molar-refractivity contribution in [1.29, 1.82) is 0 Å². The molecule has 2 N–H and O–H groups in total. The molecule has 3 aromatic rings. The van der Waals surface area contributed by atoms with Crippen LogP contribution < -0.4 is 5.32 Å². The summed E-state index contributed by atoms with van der Waals surface area (Å²) in [6, 6.07) is 13.1. The molecule has 140 valence electrons. The molecule has 0 bridgehead atoms. The van der Waals surface area contributed by atoms with Crippen LogP contribution in [0, 0.1) is 6.92 Å². The number of amides is 1. The van der Waals surface area contributed by atoms with Gasteiger partial charge < -0.3 is 14.8 Å². The first-order chi connectivity index (χ1) is 12.9. The summed E-state index contributed by atoms with van der Waals surface area (Å²) >= 11 is 0. The van der Waals surface area contributed by atoms with Crippen molar-refractivity contribution >= 4 is 11.6 Å². The average Bonchev–Trinajstić information content (AvgIpc) is 3.11. The van der Waals surface area contributed by atoms with E-state index >= 15 is 0 Å². The molecule has 1 heterocycles. The molecular formula is C22H24N2O3. The molecule has 5 heteroatoms. The maximum Gasteiger partial charge on any atom is 0.224 e. The highest BCUT2D eigenvalue weighted by Gasteiger charge is 2.11. The number of aromatic hydroxyl groups is 1. The monoisotopic (exact) mass is 364 g/mol. The summed E-state index contributed by atoms with van der Waals surface area (Å²) in [6.07, 6.45) is 2.39. The number of nitrogens with zero attached hydrogens (tertiary/aromatic N) is 1. The molecule has 0 radical (unpaired) electrons. The first kappa shape index (κ1) is 18.7. The number of hydrogen-bond acceptors (Lipinski definition) is 4. The number of nitrogens with one attached hydrogen (secondary N) is 1. The van der Waals surface area contributed by atoms with Gasteiger partial charge in [-0.05, 0) is 42.2 Å². The van der Waals surface area contributed by atoms with Gasteiger partial charge in [-0.25, -0.2) is 4.98 Å². The molecule has 0 aliphatic rings. The van der Waals surface area contributed by atoms with E-state index in [9.17, 15) is 9.90 Å². The van der Waals surface area contributed by atoms with Crippen molar-refractivity contribution in [2.24, 2.45) is 0 Å². The zero-order valence-electron chi connectivity index (χ0n) is 15.8. The van der Waals surface area contributed by atoms with E-state index in [2.05, 4.69) is 36.3 Å². The molecule has 0 spiro atoms. The van der Waals surface area contributed by atoms with Crippen molar-refractivity contribution in [1.82, 2.24) is 4.98 Å². The van der Waals surface area contributed by atoms with Crippen LogP contribution >= 0.6 is 0 Å². The Hall–Kier alpha value is -3.08. The third-order valence-corrected chi connectivity index (χ3v) is 4.47. The Balaban J connectivity index is 1.58. The van der Waals surface area contributed by atoms with E-state index in [0.717, 1.165) is 11.1 Å². The van der Waals surface area contributed by atoms with E-state index in [-0.39, 0.29) is 18.1 Å². The Morgan fingerprint density at radius 2 is 1.93 bits per heavy atom. The first-order valence-electron chi connectivity index (χ1n) is 9.07. The van der Waals surface area contributed by atoms with Gasteiger partial charge in [-0.1, -0.05) is 38.1 Å². The highest BCUT2D eigenvalue weighted by atomic mass is 16.4. The minimum absolute atomic E-state index is 0.121. The third-order valence-electron chi connectivity index (χ3n) is 4.47. The number of rotatable bonds is 6. The van der Waals surface area contributed by atoms with Crippen molar-refractivity contribution in [3.63, 3.8) is 0 Å². The molecule has 2 aromatic carbocycles. The van der Waals surface area contributed by atoms with Crippen molar-refractivity contribution < 1.29 is 14.3 Å². The second-order valence-electron chi connectivity index (χ2n) is 6.94. The average molecular weight is 364 g/mol. The van der Waals surface area contributed by atoms with Gasteiger partial charge in [0.2, 0.25) is 5.91 Å². The predicted molar refractivity (Wildman–Crippen MR) is 106 cm³/mol. The second-order valence-corrected chi connectivity index (χ2v) is 6.94. The lowest BCUT2D eigenvalue weighted by Crippen LogP contribution is -2.13. The normalized spacial score (nSPS) is 11.0. The lowest BCUT2D eigenvalue weighted by Gasteiger charge is -2.08. The van der Waals surface area contributed by atoms with Crippen LogP contribution in [0.1, 0.15) is 43.2 Å².